The van der Waals surface area contributed by atoms with Gasteiger partial charge in [0.1, 0.15) is 5.75 Å². The van der Waals surface area contributed by atoms with Crippen molar-refractivity contribution in [2.45, 2.75) is 32.9 Å². The molecule has 0 aliphatic carbocycles. The number of halogens is 2. The zero-order valence-electron chi connectivity index (χ0n) is 17.4. The van der Waals surface area contributed by atoms with Crippen LogP contribution in [-0.2, 0) is 9.59 Å². The van der Waals surface area contributed by atoms with Crippen LogP contribution in [-0.4, -0.2) is 29.5 Å². The van der Waals surface area contributed by atoms with Gasteiger partial charge < -0.3 is 19.4 Å². The van der Waals surface area contributed by atoms with E-state index < -0.39 is 18.3 Å². The highest BCUT2D eigenvalue weighted by Gasteiger charge is 2.35. The molecule has 0 spiro atoms. The molecule has 32 heavy (non-hydrogen) atoms. The Morgan fingerprint density at radius 3 is 2.69 bits per heavy atom. The number of benzene rings is 2. The Labute approximate surface area is 181 Å². The third kappa shape index (κ3) is 4.20. The van der Waals surface area contributed by atoms with Crippen LogP contribution in [0, 0.1) is 5.92 Å². The van der Waals surface area contributed by atoms with Crippen molar-refractivity contribution in [3.63, 3.8) is 0 Å². The maximum atomic E-state index is 12.8. The van der Waals surface area contributed by atoms with Crippen molar-refractivity contribution in [1.29, 1.82) is 0 Å². The molecule has 4 rings (SSSR count). The van der Waals surface area contributed by atoms with Crippen LogP contribution in [0.4, 0.5) is 20.2 Å². The van der Waals surface area contributed by atoms with Crippen molar-refractivity contribution >= 4 is 34.3 Å². The molecule has 3 aromatic rings. The van der Waals surface area contributed by atoms with E-state index >= 15 is 0 Å². The summed E-state index contributed by atoms with van der Waals surface area (Å²) < 4.78 is 36.1. The van der Waals surface area contributed by atoms with Crippen LogP contribution < -0.4 is 20.7 Å². The fourth-order valence-corrected chi connectivity index (χ4v) is 3.81. The number of ether oxygens (including phenoxy) is 1. The highest BCUT2D eigenvalue weighted by atomic mass is 19.3. The second-order valence-corrected chi connectivity index (χ2v) is 7.78. The van der Waals surface area contributed by atoms with Crippen LogP contribution in [0.3, 0.4) is 0 Å². The molecule has 0 saturated carbocycles. The summed E-state index contributed by atoms with van der Waals surface area (Å²) in [5.41, 5.74) is 1.78. The lowest BCUT2D eigenvalue weighted by Crippen LogP contribution is -2.28. The van der Waals surface area contributed by atoms with Crippen LogP contribution in [0.2, 0.25) is 0 Å². The molecule has 1 atom stereocenters. The molecule has 168 valence electrons. The van der Waals surface area contributed by atoms with Crippen molar-refractivity contribution < 1.29 is 27.5 Å². The number of hydrogen-bond donors (Lipinski definition) is 1. The first-order chi connectivity index (χ1) is 15.2. The summed E-state index contributed by atoms with van der Waals surface area (Å²) >= 11 is 0. The molecule has 1 aliphatic heterocycles. The monoisotopic (exact) mass is 445 g/mol. The Morgan fingerprint density at radius 1 is 1.19 bits per heavy atom. The largest absolute Gasteiger partial charge is 0.435 e. The summed E-state index contributed by atoms with van der Waals surface area (Å²) in [6, 6.07) is 10.6. The summed E-state index contributed by atoms with van der Waals surface area (Å²) in [4.78, 5) is 38.6. The number of nitrogens with one attached hydrogen (secondary N) is 1. The minimum Gasteiger partial charge on any atom is -0.435 e. The molecule has 1 N–H and O–H groups in total. The zero-order chi connectivity index (χ0) is 23.0. The SMILES string of the molecule is CC(C)n1c(=O)oc2cc(NC(=O)C3CC(=O)N(c4cccc(OC(F)F)c4)C3)ccc21. The number of amides is 2. The predicted octanol–water partition coefficient (Wildman–Crippen LogP) is 3.77. The molecule has 1 aromatic heterocycles. The van der Waals surface area contributed by atoms with Gasteiger partial charge in [0.25, 0.3) is 0 Å². The van der Waals surface area contributed by atoms with Gasteiger partial charge in [0, 0.05) is 42.5 Å². The fourth-order valence-electron chi connectivity index (χ4n) is 3.81. The van der Waals surface area contributed by atoms with E-state index in [0.717, 1.165) is 0 Å². The van der Waals surface area contributed by atoms with Gasteiger partial charge in [-0.25, -0.2) is 4.79 Å². The number of nitrogens with zero attached hydrogens (tertiary/aromatic N) is 2. The van der Waals surface area contributed by atoms with Gasteiger partial charge in [-0.2, -0.15) is 8.78 Å². The van der Waals surface area contributed by atoms with E-state index in [1.165, 1.54) is 27.7 Å². The summed E-state index contributed by atoms with van der Waals surface area (Å²) in [6.45, 7) is 0.857. The first-order valence-electron chi connectivity index (χ1n) is 10.0. The van der Waals surface area contributed by atoms with Crippen molar-refractivity contribution in [2.24, 2.45) is 5.92 Å². The van der Waals surface area contributed by atoms with E-state index in [4.69, 9.17) is 4.42 Å². The van der Waals surface area contributed by atoms with Crippen molar-refractivity contribution in [1.82, 2.24) is 4.57 Å². The first-order valence-corrected chi connectivity index (χ1v) is 10.0. The summed E-state index contributed by atoms with van der Waals surface area (Å²) in [5, 5.41) is 2.75. The third-order valence-corrected chi connectivity index (χ3v) is 5.25. The van der Waals surface area contributed by atoms with Crippen molar-refractivity contribution in [3.05, 3.63) is 53.0 Å². The van der Waals surface area contributed by atoms with Crippen molar-refractivity contribution in [3.8, 4) is 5.75 Å². The molecule has 1 unspecified atom stereocenters. The average Bonchev–Trinajstić information content (AvgIpc) is 3.26. The number of hydrogen-bond acceptors (Lipinski definition) is 5. The Morgan fingerprint density at radius 2 is 1.97 bits per heavy atom. The summed E-state index contributed by atoms with van der Waals surface area (Å²) in [6.07, 6.45) is -0.0210. The van der Waals surface area contributed by atoms with Crippen LogP contribution in [0.5, 0.6) is 5.75 Å². The van der Waals surface area contributed by atoms with E-state index in [2.05, 4.69) is 10.1 Å². The van der Waals surface area contributed by atoms with E-state index in [-0.39, 0.29) is 36.6 Å². The Hall–Kier alpha value is -3.69. The van der Waals surface area contributed by atoms with E-state index in [0.29, 0.717) is 22.5 Å². The standard InChI is InChI=1S/C22H21F2N3O5/c1-12(2)27-17-7-6-14(9-18(17)32-22(27)30)25-20(29)13-8-19(28)26(11-13)15-4-3-5-16(10-15)31-21(23)24/h3-7,9-10,12-13,21H,8,11H2,1-2H3,(H,25,29). The lowest BCUT2D eigenvalue weighted by molar-refractivity contribution is -0.122. The molecular weight excluding hydrogens is 424 g/mol. The molecule has 1 fully saturated rings. The van der Waals surface area contributed by atoms with Crippen LogP contribution in [0.15, 0.2) is 51.7 Å². The number of alkyl halides is 2. The maximum absolute atomic E-state index is 12.8. The molecule has 0 radical (unpaired) electrons. The quantitative estimate of drug-likeness (QED) is 0.624. The van der Waals surface area contributed by atoms with Crippen LogP contribution in [0.25, 0.3) is 11.1 Å². The maximum Gasteiger partial charge on any atom is 0.420 e. The van der Waals surface area contributed by atoms with Crippen molar-refractivity contribution in [2.75, 3.05) is 16.8 Å². The molecule has 10 heteroatoms. The number of carbonyl (C=O) groups is 2. The fraction of sp³-hybridized carbons (Fsp3) is 0.318. The van der Waals surface area contributed by atoms with Crippen LogP contribution in [0.1, 0.15) is 26.3 Å². The molecule has 8 nitrogen and oxygen atoms in total. The second-order valence-electron chi connectivity index (χ2n) is 7.78. The van der Waals surface area contributed by atoms with Gasteiger partial charge in [0.15, 0.2) is 5.58 Å². The van der Waals surface area contributed by atoms with Gasteiger partial charge >= 0.3 is 12.4 Å². The number of fused-ring (bicyclic) bond motifs is 1. The van der Waals surface area contributed by atoms with Gasteiger partial charge in [-0.15, -0.1) is 0 Å². The highest BCUT2D eigenvalue weighted by molar-refractivity contribution is 6.04. The Balaban J connectivity index is 1.48. The number of aromatic nitrogens is 1. The number of oxazole rings is 1. The smallest absolute Gasteiger partial charge is 0.420 e. The van der Waals surface area contributed by atoms with E-state index in [9.17, 15) is 23.2 Å². The molecule has 2 amide bonds. The normalized spacial score (nSPS) is 16.4. The van der Waals surface area contributed by atoms with E-state index in [1.807, 2.05) is 13.8 Å². The number of carbonyl (C=O) groups excluding carboxylic acids is 2. The highest BCUT2D eigenvalue weighted by Crippen LogP contribution is 2.29. The number of anilines is 2. The Kier molecular flexibility index (Phi) is 5.68. The molecular formula is C22H21F2N3O5. The molecule has 1 saturated heterocycles. The second kappa shape index (κ2) is 8.45. The van der Waals surface area contributed by atoms with Gasteiger partial charge in [-0.05, 0) is 38.1 Å². The lowest BCUT2D eigenvalue weighted by atomic mass is 10.1. The first kappa shape index (κ1) is 21.5. The van der Waals surface area contributed by atoms with Gasteiger partial charge in [0.05, 0.1) is 11.4 Å². The predicted molar refractivity (Wildman–Crippen MR) is 113 cm³/mol. The minimum absolute atomic E-state index is 0.0210. The summed E-state index contributed by atoms with van der Waals surface area (Å²) in [5.74, 6) is -1.85. The van der Waals surface area contributed by atoms with Gasteiger partial charge in [0.2, 0.25) is 11.8 Å². The average molecular weight is 445 g/mol. The Bertz CT molecular complexity index is 1230. The van der Waals surface area contributed by atoms with Crippen LogP contribution >= 0.6 is 0 Å². The molecule has 0 bridgehead atoms. The molecule has 1 aliphatic rings. The number of rotatable bonds is 6. The van der Waals surface area contributed by atoms with Gasteiger partial charge in [-0.1, -0.05) is 6.07 Å². The van der Waals surface area contributed by atoms with Gasteiger partial charge in [-0.3, -0.25) is 14.2 Å². The lowest BCUT2D eigenvalue weighted by Gasteiger charge is -2.17. The van der Waals surface area contributed by atoms with E-state index in [1.54, 1.807) is 24.3 Å². The zero-order valence-corrected chi connectivity index (χ0v) is 17.4. The topological polar surface area (TPSA) is 93.8 Å². The minimum atomic E-state index is -2.97. The third-order valence-electron chi connectivity index (χ3n) is 5.25. The molecule has 2 aromatic carbocycles. The summed E-state index contributed by atoms with van der Waals surface area (Å²) in [7, 11) is 0. The molecule has 2 heterocycles.